The van der Waals surface area contributed by atoms with E-state index in [4.69, 9.17) is 0 Å². The van der Waals surface area contributed by atoms with Crippen molar-refractivity contribution in [2.45, 2.75) is 45.6 Å². The topological polar surface area (TPSA) is 49.4 Å². The molecule has 0 aromatic heterocycles. The number of hydrogen-bond acceptors (Lipinski definition) is 2. The Morgan fingerprint density at radius 1 is 1.41 bits per heavy atom. The van der Waals surface area contributed by atoms with Crippen molar-refractivity contribution in [3.05, 3.63) is 0 Å². The van der Waals surface area contributed by atoms with Crippen molar-refractivity contribution in [1.82, 2.24) is 10.2 Å². The number of rotatable bonds is 6. The van der Waals surface area contributed by atoms with Crippen LogP contribution in [0.2, 0.25) is 0 Å². The van der Waals surface area contributed by atoms with Crippen molar-refractivity contribution in [3.8, 4) is 0 Å². The first-order valence-corrected chi connectivity index (χ1v) is 7.26. The maximum Gasteiger partial charge on any atom is 0.325 e. The van der Waals surface area contributed by atoms with E-state index in [1.807, 2.05) is 6.92 Å². The van der Waals surface area contributed by atoms with E-state index in [1.54, 1.807) is 6.92 Å². The van der Waals surface area contributed by atoms with Gasteiger partial charge in [-0.25, -0.2) is 4.79 Å². The van der Waals surface area contributed by atoms with Crippen LogP contribution in [0.1, 0.15) is 40.0 Å². The highest BCUT2D eigenvalue weighted by atomic mass is 79.9. The summed E-state index contributed by atoms with van der Waals surface area (Å²) < 4.78 is 0. The SMILES string of the molecule is CCC1(C)NC(=O)N(CCC(C)CCBr)C1=O. The van der Waals surface area contributed by atoms with Crippen LogP contribution in [0.3, 0.4) is 0 Å². The summed E-state index contributed by atoms with van der Waals surface area (Å²) in [5.41, 5.74) is -0.699. The summed E-state index contributed by atoms with van der Waals surface area (Å²) in [5.74, 6) is 0.430. The average Bonchev–Trinajstić information content (AvgIpc) is 2.49. The highest BCUT2D eigenvalue weighted by Crippen LogP contribution is 2.22. The number of hydrogen-bond donors (Lipinski definition) is 1. The van der Waals surface area contributed by atoms with Gasteiger partial charge in [-0.05, 0) is 32.1 Å². The summed E-state index contributed by atoms with van der Waals surface area (Å²) >= 11 is 3.40. The Labute approximate surface area is 111 Å². The van der Waals surface area contributed by atoms with E-state index >= 15 is 0 Å². The number of carbonyl (C=O) groups excluding carboxylic acids is 2. The zero-order chi connectivity index (χ0) is 13.1. The van der Waals surface area contributed by atoms with Gasteiger partial charge in [-0.3, -0.25) is 9.69 Å². The van der Waals surface area contributed by atoms with E-state index in [2.05, 4.69) is 28.2 Å². The van der Waals surface area contributed by atoms with E-state index in [0.29, 0.717) is 18.9 Å². The van der Waals surface area contributed by atoms with E-state index in [9.17, 15) is 9.59 Å². The van der Waals surface area contributed by atoms with Crippen molar-refractivity contribution in [3.63, 3.8) is 0 Å². The quantitative estimate of drug-likeness (QED) is 0.605. The number of nitrogens with one attached hydrogen (secondary N) is 1. The van der Waals surface area contributed by atoms with Gasteiger partial charge < -0.3 is 5.32 Å². The summed E-state index contributed by atoms with van der Waals surface area (Å²) in [6.45, 7) is 6.36. The minimum absolute atomic E-state index is 0.0870. The molecule has 0 saturated carbocycles. The molecule has 1 heterocycles. The van der Waals surface area contributed by atoms with Gasteiger partial charge in [-0.15, -0.1) is 0 Å². The molecular formula is C12H21BrN2O2. The van der Waals surface area contributed by atoms with Crippen LogP contribution < -0.4 is 5.32 Å². The molecule has 1 saturated heterocycles. The average molecular weight is 305 g/mol. The number of amides is 3. The van der Waals surface area contributed by atoms with Crippen LogP contribution in [0.15, 0.2) is 0 Å². The van der Waals surface area contributed by atoms with Gasteiger partial charge in [0, 0.05) is 11.9 Å². The van der Waals surface area contributed by atoms with Gasteiger partial charge in [0.1, 0.15) is 5.54 Å². The maximum absolute atomic E-state index is 12.1. The molecule has 1 aliphatic heterocycles. The van der Waals surface area contributed by atoms with Crippen LogP contribution in [-0.4, -0.2) is 34.3 Å². The van der Waals surface area contributed by atoms with Crippen LogP contribution in [-0.2, 0) is 4.79 Å². The lowest BCUT2D eigenvalue weighted by Gasteiger charge is -2.20. The summed E-state index contributed by atoms with van der Waals surface area (Å²) in [6, 6.07) is -0.245. The number of imide groups is 1. The highest BCUT2D eigenvalue weighted by Gasteiger charge is 2.46. The highest BCUT2D eigenvalue weighted by molar-refractivity contribution is 9.09. The molecular weight excluding hydrogens is 284 g/mol. The maximum atomic E-state index is 12.1. The van der Waals surface area contributed by atoms with Gasteiger partial charge in [0.05, 0.1) is 0 Å². The smallest absolute Gasteiger partial charge is 0.323 e. The van der Waals surface area contributed by atoms with Gasteiger partial charge in [-0.1, -0.05) is 29.8 Å². The molecule has 1 rings (SSSR count). The molecule has 5 heteroatoms. The predicted molar refractivity (Wildman–Crippen MR) is 71.1 cm³/mol. The zero-order valence-electron chi connectivity index (χ0n) is 10.8. The largest absolute Gasteiger partial charge is 0.325 e. The second-order valence-electron chi connectivity index (χ2n) is 4.94. The summed E-state index contributed by atoms with van der Waals surface area (Å²) in [5, 5.41) is 3.72. The fraction of sp³-hybridized carbons (Fsp3) is 0.833. The molecule has 0 aromatic rings. The molecule has 1 fully saturated rings. The summed E-state index contributed by atoms with van der Waals surface area (Å²) in [4.78, 5) is 25.1. The van der Waals surface area contributed by atoms with E-state index in [1.165, 1.54) is 4.90 Å². The monoisotopic (exact) mass is 304 g/mol. The van der Waals surface area contributed by atoms with Gasteiger partial charge in [0.25, 0.3) is 5.91 Å². The molecule has 1 N–H and O–H groups in total. The number of urea groups is 1. The second kappa shape index (κ2) is 5.85. The van der Waals surface area contributed by atoms with Gasteiger partial charge in [0.2, 0.25) is 0 Å². The van der Waals surface area contributed by atoms with Crippen molar-refractivity contribution in [2.75, 3.05) is 11.9 Å². The molecule has 2 unspecified atom stereocenters. The molecule has 0 aliphatic carbocycles. The zero-order valence-corrected chi connectivity index (χ0v) is 12.3. The predicted octanol–water partition coefficient (Wildman–Crippen LogP) is 2.52. The Morgan fingerprint density at radius 3 is 2.53 bits per heavy atom. The van der Waals surface area contributed by atoms with Gasteiger partial charge >= 0.3 is 6.03 Å². The number of carbonyl (C=O) groups is 2. The Kier molecular flexibility index (Phi) is 4.98. The number of nitrogens with zero attached hydrogens (tertiary/aromatic N) is 1. The van der Waals surface area contributed by atoms with Crippen molar-refractivity contribution < 1.29 is 9.59 Å². The third-order valence-corrected chi connectivity index (χ3v) is 3.96. The van der Waals surface area contributed by atoms with Gasteiger partial charge in [0.15, 0.2) is 0 Å². The fourth-order valence-electron chi connectivity index (χ4n) is 1.87. The molecule has 0 bridgehead atoms. The van der Waals surface area contributed by atoms with E-state index in [-0.39, 0.29) is 11.9 Å². The molecule has 0 spiro atoms. The normalized spacial score (nSPS) is 26.2. The molecule has 1 aliphatic rings. The fourth-order valence-corrected chi connectivity index (χ4v) is 2.65. The van der Waals surface area contributed by atoms with Crippen LogP contribution in [0.5, 0.6) is 0 Å². The summed E-state index contributed by atoms with van der Waals surface area (Å²) in [6.07, 6.45) is 2.56. The lowest BCUT2D eigenvalue weighted by molar-refractivity contribution is -0.130. The van der Waals surface area contributed by atoms with Crippen molar-refractivity contribution >= 4 is 27.9 Å². The van der Waals surface area contributed by atoms with Crippen LogP contribution >= 0.6 is 15.9 Å². The minimum atomic E-state index is -0.699. The minimum Gasteiger partial charge on any atom is -0.323 e. The van der Waals surface area contributed by atoms with Crippen LogP contribution in [0.4, 0.5) is 4.79 Å². The van der Waals surface area contributed by atoms with Crippen molar-refractivity contribution in [2.24, 2.45) is 5.92 Å². The molecule has 2 atom stereocenters. The van der Waals surface area contributed by atoms with Crippen LogP contribution in [0, 0.1) is 5.92 Å². The third kappa shape index (κ3) is 3.21. The Morgan fingerprint density at radius 2 is 2.06 bits per heavy atom. The first kappa shape index (κ1) is 14.5. The molecule has 17 heavy (non-hydrogen) atoms. The Hall–Kier alpha value is -0.580. The molecule has 0 radical (unpaired) electrons. The number of halogens is 1. The lowest BCUT2D eigenvalue weighted by atomic mass is 9.99. The third-order valence-electron chi connectivity index (χ3n) is 3.50. The lowest BCUT2D eigenvalue weighted by Crippen LogP contribution is -2.43. The molecule has 98 valence electrons. The molecule has 3 amide bonds. The number of alkyl halides is 1. The first-order valence-electron chi connectivity index (χ1n) is 6.14. The molecule has 4 nitrogen and oxygen atoms in total. The van der Waals surface area contributed by atoms with Crippen LogP contribution in [0.25, 0.3) is 0 Å². The Balaban J connectivity index is 2.55. The standard InChI is InChI=1S/C12H21BrN2O2/c1-4-12(3)10(16)15(11(17)14-12)8-6-9(2)5-7-13/h9H,4-8H2,1-3H3,(H,14,17). The van der Waals surface area contributed by atoms with E-state index in [0.717, 1.165) is 18.2 Å². The van der Waals surface area contributed by atoms with Crippen molar-refractivity contribution in [1.29, 1.82) is 0 Å². The molecule has 0 aromatic carbocycles. The van der Waals surface area contributed by atoms with Gasteiger partial charge in [-0.2, -0.15) is 0 Å². The first-order chi connectivity index (χ1) is 7.94. The van der Waals surface area contributed by atoms with E-state index < -0.39 is 5.54 Å². The second-order valence-corrected chi connectivity index (χ2v) is 5.74. The Bertz CT molecular complexity index is 309. The summed E-state index contributed by atoms with van der Waals surface area (Å²) in [7, 11) is 0.